The highest BCUT2D eigenvalue weighted by Gasteiger charge is 2.21. The molecule has 0 spiro atoms. The maximum atomic E-state index is 10.3. The van der Waals surface area contributed by atoms with Gasteiger partial charge in [-0.2, -0.15) is 0 Å². The number of carboxylic acid groups (broad SMARTS) is 1. The van der Waals surface area contributed by atoms with Crippen molar-refractivity contribution in [3.05, 3.63) is 29.8 Å². The second-order valence-electron chi connectivity index (χ2n) is 4.96. The van der Waals surface area contributed by atoms with Gasteiger partial charge in [0.05, 0.1) is 0 Å². The van der Waals surface area contributed by atoms with Gasteiger partial charge in [0.15, 0.2) is 0 Å². The van der Waals surface area contributed by atoms with Crippen LogP contribution < -0.4 is 10.1 Å². The van der Waals surface area contributed by atoms with Crippen molar-refractivity contribution >= 4 is 5.97 Å². The van der Waals surface area contributed by atoms with Crippen LogP contribution in [0, 0.1) is 0 Å². The Bertz CT molecular complexity index is 395. The molecule has 1 unspecified atom stereocenters. The van der Waals surface area contributed by atoms with Crippen molar-refractivity contribution < 1.29 is 14.6 Å². The number of fused-ring (bicyclic) bond motifs is 1. The Balaban J connectivity index is 1.53. The zero-order valence-electron chi connectivity index (χ0n) is 11.1. The number of ether oxygens (including phenoxy) is 1. The number of benzene rings is 1. The molecule has 2 rings (SSSR count). The maximum Gasteiger partial charge on any atom is 0.303 e. The average molecular weight is 263 g/mol. The van der Waals surface area contributed by atoms with Crippen molar-refractivity contribution in [1.82, 2.24) is 5.32 Å². The fraction of sp³-hybridized carbons (Fsp3) is 0.533. The number of hydrogen-bond donors (Lipinski definition) is 2. The molecule has 0 aromatic heterocycles. The van der Waals surface area contributed by atoms with E-state index in [0.29, 0.717) is 0 Å². The fourth-order valence-corrected chi connectivity index (χ4v) is 2.33. The summed E-state index contributed by atoms with van der Waals surface area (Å²) < 4.78 is 5.83. The smallest absolute Gasteiger partial charge is 0.303 e. The van der Waals surface area contributed by atoms with E-state index < -0.39 is 5.97 Å². The van der Waals surface area contributed by atoms with Gasteiger partial charge in [-0.25, -0.2) is 0 Å². The topological polar surface area (TPSA) is 58.6 Å². The number of unbranched alkanes of at least 4 members (excludes halogenated alkanes) is 2. The summed E-state index contributed by atoms with van der Waals surface area (Å²) in [6.45, 7) is 1.78. The minimum absolute atomic E-state index is 0.233. The lowest BCUT2D eigenvalue weighted by molar-refractivity contribution is -0.137. The summed E-state index contributed by atoms with van der Waals surface area (Å²) >= 11 is 0. The van der Waals surface area contributed by atoms with E-state index in [9.17, 15) is 4.79 Å². The Kier molecular flexibility index (Phi) is 5.21. The Morgan fingerprint density at radius 1 is 1.32 bits per heavy atom. The van der Waals surface area contributed by atoms with Crippen molar-refractivity contribution in [2.24, 2.45) is 0 Å². The van der Waals surface area contributed by atoms with Crippen LogP contribution in [0.1, 0.15) is 31.2 Å². The Morgan fingerprint density at radius 2 is 2.16 bits per heavy atom. The van der Waals surface area contributed by atoms with E-state index >= 15 is 0 Å². The first-order valence-electron chi connectivity index (χ1n) is 6.93. The fourth-order valence-electron chi connectivity index (χ4n) is 2.33. The molecule has 0 fully saturated rings. The van der Waals surface area contributed by atoms with Gasteiger partial charge in [-0.05, 0) is 31.0 Å². The monoisotopic (exact) mass is 263 g/mol. The molecule has 1 atom stereocenters. The zero-order valence-corrected chi connectivity index (χ0v) is 11.1. The molecule has 4 heteroatoms. The molecule has 0 radical (unpaired) electrons. The molecule has 1 aliphatic rings. The summed E-state index contributed by atoms with van der Waals surface area (Å²) in [6, 6.07) is 8.17. The number of rotatable bonds is 8. The molecule has 0 bridgehead atoms. The molecule has 4 nitrogen and oxygen atoms in total. The molecule has 0 amide bonds. The first-order valence-corrected chi connectivity index (χ1v) is 6.93. The van der Waals surface area contributed by atoms with Crippen LogP contribution in [0.3, 0.4) is 0 Å². The van der Waals surface area contributed by atoms with Crippen LogP contribution in [0.25, 0.3) is 0 Å². The molecule has 1 aromatic rings. The molecule has 2 N–H and O–H groups in total. The van der Waals surface area contributed by atoms with Gasteiger partial charge in [-0.3, -0.25) is 4.79 Å². The van der Waals surface area contributed by atoms with E-state index in [1.54, 1.807) is 0 Å². The minimum atomic E-state index is -0.704. The lowest BCUT2D eigenvalue weighted by Crippen LogP contribution is -2.30. The quantitative estimate of drug-likeness (QED) is 0.706. The summed E-state index contributed by atoms with van der Waals surface area (Å²) in [5, 5.41) is 11.9. The third-order valence-corrected chi connectivity index (χ3v) is 3.33. The molecular formula is C15H21NO3. The standard InChI is InChI=1S/C15H21NO3/c17-15(18)8-2-1-5-9-16-11-13-10-12-6-3-4-7-14(12)19-13/h3-4,6-7,13,16H,1-2,5,8-11H2,(H,17,18). The lowest BCUT2D eigenvalue weighted by atomic mass is 10.1. The van der Waals surface area contributed by atoms with Crippen molar-refractivity contribution in [1.29, 1.82) is 0 Å². The molecule has 0 aliphatic carbocycles. The molecule has 1 aromatic carbocycles. The van der Waals surface area contributed by atoms with Gasteiger partial charge in [0, 0.05) is 19.4 Å². The molecule has 19 heavy (non-hydrogen) atoms. The normalized spacial score (nSPS) is 16.9. The molecule has 0 saturated carbocycles. The largest absolute Gasteiger partial charge is 0.488 e. The minimum Gasteiger partial charge on any atom is -0.488 e. The number of carbonyl (C=O) groups is 1. The lowest BCUT2D eigenvalue weighted by Gasteiger charge is -2.11. The summed E-state index contributed by atoms with van der Waals surface area (Å²) in [5.74, 6) is 0.306. The van der Waals surface area contributed by atoms with Gasteiger partial charge in [0.25, 0.3) is 0 Å². The van der Waals surface area contributed by atoms with Crippen LogP contribution in [-0.4, -0.2) is 30.3 Å². The maximum absolute atomic E-state index is 10.3. The van der Waals surface area contributed by atoms with Crippen LogP contribution in [0.2, 0.25) is 0 Å². The average Bonchev–Trinajstić information content (AvgIpc) is 2.79. The van der Waals surface area contributed by atoms with Gasteiger partial charge in [0.1, 0.15) is 11.9 Å². The first-order chi connectivity index (χ1) is 9.25. The molecule has 0 saturated heterocycles. The van der Waals surface area contributed by atoms with Gasteiger partial charge in [0.2, 0.25) is 0 Å². The predicted molar refractivity (Wildman–Crippen MR) is 73.5 cm³/mol. The van der Waals surface area contributed by atoms with Crippen molar-refractivity contribution in [2.45, 2.75) is 38.2 Å². The van der Waals surface area contributed by atoms with Crippen molar-refractivity contribution in [3.63, 3.8) is 0 Å². The number of aliphatic carboxylic acids is 1. The first kappa shape index (κ1) is 13.9. The number of para-hydroxylation sites is 1. The summed E-state index contributed by atoms with van der Waals surface area (Å²) in [6.07, 6.45) is 4.24. The Morgan fingerprint density at radius 3 is 2.95 bits per heavy atom. The molecular weight excluding hydrogens is 242 g/mol. The number of hydrogen-bond acceptors (Lipinski definition) is 3. The van der Waals surface area contributed by atoms with Gasteiger partial charge >= 0.3 is 5.97 Å². The third kappa shape index (κ3) is 4.56. The van der Waals surface area contributed by atoms with Crippen LogP contribution in [0.15, 0.2) is 24.3 Å². The third-order valence-electron chi connectivity index (χ3n) is 3.33. The highest BCUT2D eigenvalue weighted by molar-refractivity contribution is 5.66. The van der Waals surface area contributed by atoms with Crippen LogP contribution >= 0.6 is 0 Å². The van der Waals surface area contributed by atoms with E-state index in [4.69, 9.17) is 9.84 Å². The highest BCUT2D eigenvalue weighted by atomic mass is 16.5. The van der Waals surface area contributed by atoms with E-state index in [0.717, 1.165) is 44.5 Å². The number of carboxylic acids is 1. The van der Waals surface area contributed by atoms with Crippen LogP contribution in [-0.2, 0) is 11.2 Å². The van der Waals surface area contributed by atoms with E-state index in [1.165, 1.54) is 5.56 Å². The molecule has 1 aliphatic heterocycles. The Labute approximate surface area is 113 Å². The second-order valence-corrected chi connectivity index (χ2v) is 4.96. The molecule has 104 valence electrons. The zero-order chi connectivity index (χ0) is 13.5. The molecule has 1 heterocycles. The predicted octanol–water partition coefficient (Wildman–Crippen LogP) is 2.22. The van der Waals surface area contributed by atoms with E-state index in [2.05, 4.69) is 11.4 Å². The van der Waals surface area contributed by atoms with Gasteiger partial charge in [-0.1, -0.05) is 24.6 Å². The highest BCUT2D eigenvalue weighted by Crippen LogP contribution is 2.27. The summed E-state index contributed by atoms with van der Waals surface area (Å²) in [7, 11) is 0. The second kappa shape index (κ2) is 7.14. The number of nitrogens with one attached hydrogen (secondary N) is 1. The van der Waals surface area contributed by atoms with Crippen LogP contribution in [0.4, 0.5) is 0 Å². The van der Waals surface area contributed by atoms with Crippen molar-refractivity contribution in [2.75, 3.05) is 13.1 Å². The Hall–Kier alpha value is -1.55. The summed E-state index contributed by atoms with van der Waals surface area (Å²) in [5.41, 5.74) is 1.29. The van der Waals surface area contributed by atoms with E-state index in [-0.39, 0.29) is 12.5 Å². The van der Waals surface area contributed by atoms with Gasteiger partial charge < -0.3 is 15.2 Å². The van der Waals surface area contributed by atoms with E-state index in [1.807, 2.05) is 18.2 Å². The van der Waals surface area contributed by atoms with Crippen molar-refractivity contribution in [3.8, 4) is 5.75 Å². The van der Waals surface area contributed by atoms with Crippen LogP contribution in [0.5, 0.6) is 5.75 Å². The SMILES string of the molecule is O=C(O)CCCCCNCC1Cc2ccccc2O1. The summed E-state index contributed by atoms with van der Waals surface area (Å²) in [4.78, 5) is 10.3. The van der Waals surface area contributed by atoms with Gasteiger partial charge in [-0.15, -0.1) is 0 Å².